The molecule has 32 heavy (non-hydrogen) atoms. The van der Waals surface area contributed by atoms with Crippen LogP contribution < -0.4 is 4.74 Å². The molecule has 1 saturated heterocycles. The summed E-state index contributed by atoms with van der Waals surface area (Å²) in [6, 6.07) is 24.2. The zero-order chi connectivity index (χ0) is 21.8. The number of hydrogen-bond acceptors (Lipinski definition) is 3. The van der Waals surface area contributed by atoms with Crippen LogP contribution in [0.2, 0.25) is 0 Å². The number of nitrogens with zero attached hydrogens (tertiary/aromatic N) is 2. The molecule has 0 radical (unpaired) electrons. The number of likely N-dealkylation sites (tertiary alicyclic amines) is 1. The number of para-hydroxylation sites is 1. The molecule has 0 atom stereocenters. The molecule has 3 aromatic carbocycles. The maximum atomic E-state index is 12.9. The van der Waals surface area contributed by atoms with Crippen LogP contribution in [0.4, 0.5) is 0 Å². The Morgan fingerprint density at radius 2 is 1.53 bits per heavy atom. The van der Waals surface area contributed by atoms with Crippen LogP contribution in [-0.2, 0) is 19.5 Å². The fourth-order valence-electron chi connectivity index (χ4n) is 4.74. The Kier molecular flexibility index (Phi) is 6.22. The van der Waals surface area contributed by atoms with E-state index in [0.717, 1.165) is 34.6 Å². The van der Waals surface area contributed by atoms with Crippen molar-refractivity contribution in [2.75, 3.05) is 19.6 Å². The van der Waals surface area contributed by atoms with Gasteiger partial charge in [0, 0.05) is 18.7 Å². The molecule has 4 nitrogen and oxygen atoms in total. The van der Waals surface area contributed by atoms with Gasteiger partial charge in [-0.15, -0.1) is 0 Å². The average molecular weight is 427 g/mol. The summed E-state index contributed by atoms with van der Waals surface area (Å²) in [5.74, 6) is 1.75. The molecule has 2 aliphatic rings. The third-order valence-corrected chi connectivity index (χ3v) is 6.46. The molecule has 1 amide bonds. The molecule has 0 bridgehead atoms. The number of fused-ring (bicyclic) bond motifs is 1. The number of hydrogen-bond donors (Lipinski definition) is 0. The van der Waals surface area contributed by atoms with Crippen LogP contribution in [0.3, 0.4) is 0 Å². The summed E-state index contributed by atoms with van der Waals surface area (Å²) >= 11 is 0. The predicted molar refractivity (Wildman–Crippen MR) is 127 cm³/mol. The third kappa shape index (κ3) is 4.86. The number of amides is 1. The summed E-state index contributed by atoms with van der Waals surface area (Å²) in [6.07, 6.45) is 4.97. The minimum absolute atomic E-state index is 0.133. The molecule has 3 aromatic rings. The van der Waals surface area contributed by atoms with Crippen LogP contribution in [0.15, 0.2) is 72.8 Å². The number of rotatable bonds is 8. The first kappa shape index (κ1) is 20.8. The number of ether oxygens (including phenoxy) is 1. The van der Waals surface area contributed by atoms with E-state index in [-0.39, 0.29) is 5.91 Å². The fourth-order valence-corrected chi connectivity index (χ4v) is 4.74. The van der Waals surface area contributed by atoms with Crippen LogP contribution in [-0.4, -0.2) is 35.3 Å². The number of benzene rings is 3. The molecular weight excluding hydrogens is 396 g/mol. The van der Waals surface area contributed by atoms with Gasteiger partial charge in [-0.3, -0.25) is 4.79 Å². The minimum atomic E-state index is 0.133. The van der Waals surface area contributed by atoms with Crippen molar-refractivity contribution < 1.29 is 9.53 Å². The van der Waals surface area contributed by atoms with E-state index in [1.165, 1.54) is 44.5 Å². The Morgan fingerprint density at radius 1 is 0.812 bits per heavy atom. The summed E-state index contributed by atoms with van der Waals surface area (Å²) in [5.41, 5.74) is 4.48. The van der Waals surface area contributed by atoms with Crippen molar-refractivity contribution in [2.45, 2.75) is 38.8 Å². The lowest BCUT2D eigenvalue weighted by molar-refractivity contribution is 0.0766. The lowest BCUT2D eigenvalue weighted by atomic mass is 10.0. The van der Waals surface area contributed by atoms with Gasteiger partial charge in [0.05, 0.1) is 0 Å². The van der Waals surface area contributed by atoms with E-state index >= 15 is 0 Å². The van der Waals surface area contributed by atoms with Crippen LogP contribution in [0.1, 0.15) is 46.3 Å². The number of aryl methyl sites for hydroxylation is 1. The molecule has 0 saturated carbocycles. The second kappa shape index (κ2) is 9.58. The van der Waals surface area contributed by atoms with Gasteiger partial charge in [-0.2, -0.15) is 0 Å². The van der Waals surface area contributed by atoms with E-state index in [0.29, 0.717) is 13.1 Å². The van der Waals surface area contributed by atoms with Gasteiger partial charge in [-0.05, 0) is 92.3 Å². The molecule has 0 spiro atoms. The molecule has 1 fully saturated rings. The van der Waals surface area contributed by atoms with Crippen molar-refractivity contribution in [3.05, 3.63) is 95.1 Å². The zero-order valence-electron chi connectivity index (χ0n) is 18.5. The van der Waals surface area contributed by atoms with Crippen molar-refractivity contribution >= 4 is 5.91 Å². The molecular formula is C28H30N2O2. The van der Waals surface area contributed by atoms with Gasteiger partial charge in [-0.25, -0.2) is 0 Å². The molecule has 0 unspecified atom stereocenters. The largest absolute Gasteiger partial charge is 0.457 e. The summed E-state index contributed by atoms with van der Waals surface area (Å²) < 4.78 is 5.87. The van der Waals surface area contributed by atoms with Gasteiger partial charge in [0.25, 0.3) is 5.91 Å². The second-order valence-corrected chi connectivity index (χ2v) is 8.86. The lowest BCUT2D eigenvalue weighted by Crippen LogP contribution is -2.23. The Balaban J connectivity index is 1.17. The highest BCUT2D eigenvalue weighted by molar-refractivity contribution is 5.98. The Bertz CT molecular complexity index is 1060. The highest BCUT2D eigenvalue weighted by Crippen LogP contribution is 2.27. The molecule has 0 aromatic heterocycles. The highest BCUT2D eigenvalue weighted by atomic mass is 16.5. The number of carbonyl (C=O) groups is 1. The maximum absolute atomic E-state index is 12.9. The van der Waals surface area contributed by atoms with Gasteiger partial charge in [-0.1, -0.05) is 42.5 Å². The molecule has 4 heteroatoms. The first-order valence-corrected chi connectivity index (χ1v) is 11.7. The minimum Gasteiger partial charge on any atom is -0.457 e. The Labute approximate surface area is 190 Å². The summed E-state index contributed by atoms with van der Waals surface area (Å²) in [6.45, 7) is 5.01. The molecule has 164 valence electrons. The molecule has 0 aliphatic carbocycles. The first-order chi connectivity index (χ1) is 15.7. The summed E-state index contributed by atoms with van der Waals surface area (Å²) in [7, 11) is 0. The normalized spacial score (nSPS) is 15.9. The average Bonchev–Trinajstić information content (AvgIpc) is 3.44. The van der Waals surface area contributed by atoms with Crippen molar-refractivity contribution in [3.63, 3.8) is 0 Å². The highest BCUT2D eigenvalue weighted by Gasteiger charge is 2.27. The van der Waals surface area contributed by atoms with Gasteiger partial charge in [0.2, 0.25) is 0 Å². The topological polar surface area (TPSA) is 32.8 Å². The van der Waals surface area contributed by atoms with Crippen LogP contribution in [0.5, 0.6) is 11.5 Å². The third-order valence-electron chi connectivity index (χ3n) is 6.46. The summed E-state index contributed by atoms with van der Waals surface area (Å²) in [5, 5.41) is 0. The second-order valence-electron chi connectivity index (χ2n) is 8.86. The standard InChI is InChI=1S/C28H30N2O2/c31-28-27-15-12-22(7-6-18-29-16-4-5-17-29)19-24(27)21-30(28)20-23-10-13-26(14-11-23)32-25-8-2-1-3-9-25/h1-3,8-15,19H,4-7,16-18,20-21H2. The molecule has 0 N–H and O–H groups in total. The summed E-state index contributed by atoms with van der Waals surface area (Å²) in [4.78, 5) is 17.4. The van der Waals surface area contributed by atoms with Crippen LogP contribution in [0.25, 0.3) is 0 Å². The zero-order valence-corrected chi connectivity index (χ0v) is 18.5. The van der Waals surface area contributed by atoms with E-state index in [1.807, 2.05) is 65.6 Å². The van der Waals surface area contributed by atoms with E-state index < -0.39 is 0 Å². The maximum Gasteiger partial charge on any atom is 0.254 e. The number of carbonyl (C=O) groups excluding carboxylic acids is 1. The Hall–Kier alpha value is -3.11. The van der Waals surface area contributed by atoms with Crippen molar-refractivity contribution in [1.82, 2.24) is 9.80 Å². The van der Waals surface area contributed by atoms with Gasteiger partial charge < -0.3 is 14.5 Å². The SMILES string of the molecule is O=C1c2ccc(CCCN3CCCC3)cc2CN1Cc1ccc(Oc2ccccc2)cc1. The predicted octanol–water partition coefficient (Wildman–Crippen LogP) is 5.66. The van der Waals surface area contributed by atoms with Crippen molar-refractivity contribution in [1.29, 1.82) is 0 Å². The van der Waals surface area contributed by atoms with E-state index in [2.05, 4.69) is 17.0 Å². The van der Waals surface area contributed by atoms with E-state index in [9.17, 15) is 4.79 Å². The first-order valence-electron chi connectivity index (χ1n) is 11.7. The smallest absolute Gasteiger partial charge is 0.254 e. The fraction of sp³-hybridized carbons (Fsp3) is 0.321. The van der Waals surface area contributed by atoms with E-state index in [1.54, 1.807) is 0 Å². The van der Waals surface area contributed by atoms with Crippen LogP contribution in [0, 0.1) is 0 Å². The molecule has 5 rings (SSSR count). The van der Waals surface area contributed by atoms with Gasteiger partial charge in [0.1, 0.15) is 11.5 Å². The van der Waals surface area contributed by atoms with Gasteiger partial charge in [0.15, 0.2) is 0 Å². The van der Waals surface area contributed by atoms with Gasteiger partial charge >= 0.3 is 0 Å². The molecule has 2 heterocycles. The quantitative estimate of drug-likeness (QED) is 0.466. The Morgan fingerprint density at radius 3 is 2.31 bits per heavy atom. The van der Waals surface area contributed by atoms with Crippen molar-refractivity contribution in [2.24, 2.45) is 0 Å². The lowest BCUT2D eigenvalue weighted by Gasteiger charge is -2.16. The van der Waals surface area contributed by atoms with Crippen LogP contribution >= 0.6 is 0 Å². The van der Waals surface area contributed by atoms with Crippen molar-refractivity contribution in [3.8, 4) is 11.5 Å². The van der Waals surface area contributed by atoms with E-state index in [4.69, 9.17) is 4.74 Å². The monoisotopic (exact) mass is 426 g/mol. The molecule has 2 aliphatic heterocycles.